The molecule has 0 saturated heterocycles. The summed E-state index contributed by atoms with van der Waals surface area (Å²) in [5.41, 5.74) is 1.19. The largest absolute Gasteiger partial charge is 0.360 e. The average Bonchev–Trinajstić information content (AvgIpc) is 2.55. The Hall–Kier alpha value is -1.20. The summed E-state index contributed by atoms with van der Waals surface area (Å²) in [7, 11) is 0. The molecule has 0 bridgehead atoms. The van der Waals surface area contributed by atoms with Gasteiger partial charge in [0.1, 0.15) is 0 Å². The van der Waals surface area contributed by atoms with Crippen LogP contribution in [0.25, 0.3) is 0 Å². The molecule has 23 heavy (non-hydrogen) atoms. The number of carbonyl (C=O) groups excluding carboxylic acids is 1. The van der Waals surface area contributed by atoms with Gasteiger partial charge in [-0.05, 0) is 38.2 Å². The van der Waals surface area contributed by atoms with Crippen molar-refractivity contribution < 1.29 is 4.79 Å². The molecule has 1 aliphatic rings. The van der Waals surface area contributed by atoms with E-state index in [1.807, 2.05) is 17.8 Å². The molecule has 0 radical (unpaired) electrons. The van der Waals surface area contributed by atoms with Crippen LogP contribution >= 0.6 is 11.8 Å². The third kappa shape index (κ3) is 5.43. The average molecular weight is 336 g/mol. The van der Waals surface area contributed by atoms with E-state index < -0.39 is 0 Å². The first-order valence-electron chi connectivity index (χ1n) is 8.63. The Labute approximate surface area is 144 Å². The normalized spacial score (nSPS) is 17.2. The van der Waals surface area contributed by atoms with Gasteiger partial charge in [-0.3, -0.25) is 4.79 Å². The van der Waals surface area contributed by atoms with E-state index in [1.165, 1.54) is 10.6 Å². The highest BCUT2D eigenvalue weighted by Crippen LogP contribution is 2.37. The van der Waals surface area contributed by atoms with Crippen LogP contribution in [0.15, 0.2) is 29.2 Å². The Bertz CT molecular complexity index is 505. The first-order chi connectivity index (χ1) is 11.1. The molecule has 0 fully saturated rings. The monoisotopic (exact) mass is 335 g/mol. The van der Waals surface area contributed by atoms with E-state index in [0.717, 1.165) is 39.1 Å². The number of rotatable bonds is 8. The lowest BCUT2D eigenvalue weighted by molar-refractivity contribution is -0.119. The number of amides is 1. The molecule has 128 valence electrons. The Kier molecular flexibility index (Phi) is 7.24. The zero-order valence-electron chi connectivity index (χ0n) is 14.5. The molecule has 4 nitrogen and oxygen atoms in total. The number of benzene rings is 1. The summed E-state index contributed by atoms with van der Waals surface area (Å²) in [5, 5.41) is 3.58. The van der Waals surface area contributed by atoms with Gasteiger partial charge < -0.3 is 15.1 Å². The maximum atomic E-state index is 12.2. The highest BCUT2D eigenvalue weighted by atomic mass is 32.2. The Morgan fingerprint density at radius 3 is 2.83 bits per heavy atom. The summed E-state index contributed by atoms with van der Waals surface area (Å²) in [4.78, 5) is 18.1. The molecule has 0 aromatic heterocycles. The van der Waals surface area contributed by atoms with Gasteiger partial charge in [0.2, 0.25) is 5.91 Å². The van der Waals surface area contributed by atoms with Crippen LogP contribution in [-0.2, 0) is 4.79 Å². The summed E-state index contributed by atoms with van der Waals surface area (Å²) in [6.07, 6.45) is 1.01. The van der Waals surface area contributed by atoms with Crippen molar-refractivity contribution in [1.29, 1.82) is 0 Å². The van der Waals surface area contributed by atoms with Gasteiger partial charge in [-0.2, -0.15) is 0 Å². The number of hydrogen-bond acceptors (Lipinski definition) is 4. The van der Waals surface area contributed by atoms with E-state index in [1.54, 1.807) is 0 Å². The lowest BCUT2D eigenvalue weighted by Crippen LogP contribution is -2.42. The molecule has 1 amide bonds. The van der Waals surface area contributed by atoms with E-state index in [4.69, 9.17) is 0 Å². The van der Waals surface area contributed by atoms with Crippen molar-refractivity contribution in [3.05, 3.63) is 24.3 Å². The van der Waals surface area contributed by atoms with Crippen LogP contribution in [0.2, 0.25) is 0 Å². The number of thioether (sulfide) groups is 1. The number of para-hydroxylation sites is 1. The molecule has 1 aromatic carbocycles. The lowest BCUT2D eigenvalue weighted by atomic mass is 10.2. The smallest absolute Gasteiger partial charge is 0.239 e. The molecular formula is C18H29N3OS. The van der Waals surface area contributed by atoms with Crippen molar-refractivity contribution in [2.75, 3.05) is 44.2 Å². The first kappa shape index (κ1) is 18.1. The molecule has 2 rings (SSSR count). The van der Waals surface area contributed by atoms with Crippen molar-refractivity contribution >= 4 is 23.4 Å². The van der Waals surface area contributed by atoms with Crippen molar-refractivity contribution in [1.82, 2.24) is 10.2 Å². The summed E-state index contributed by atoms with van der Waals surface area (Å²) in [6, 6.07) is 8.37. The fourth-order valence-corrected chi connectivity index (χ4v) is 4.09. The Balaban J connectivity index is 1.79. The minimum atomic E-state index is 0.124. The van der Waals surface area contributed by atoms with Gasteiger partial charge in [-0.1, -0.05) is 32.9 Å². The molecule has 1 atom stereocenters. The molecule has 5 heteroatoms. The van der Waals surface area contributed by atoms with E-state index in [2.05, 4.69) is 54.1 Å². The van der Waals surface area contributed by atoms with Gasteiger partial charge in [-0.15, -0.1) is 11.8 Å². The van der Waals surface area contributed by atoms with E-state index >= 15 is 0 Å². The van der Waals surface area contributed by atoms with Crippen LogP contribution in [0, 0.1) is 0 Å². The van der Waals surface area contributed by atoms with Crippen LogP contribution in [0.1, 0.15) is 27.2 Å². The summed E-state index contributed by atoms with van der Waals surface area (Å²) < 4.78 is 0. The topological polar surface area (TPSA) is 35.6 Å². The number of carbonyl (C=O) groups is 1. The van der Waals surface area contributed by atoms with Gasteiger partial charge in [-0.25, -0.2) is 0 Å². The molecular weight excluding hydrogens is 306 g/mol. The quantitative estimate of drug-likeness (QED) is 0.741. The van der Waals surface area contributed by atoms with Crippen LogP contribution in [0.5, 0.6) is 0 Å². The second-order valence-corrected chi connectivity index (χ2v) is 7.49. The Morgan fingerprint density at radius 2 is 2.09 bits per heavy atom. The fraction of sp³-hybridized carbons (Fsp3) is 0.611. The van der Waals surface area contributed by atoms with Crippen molar-refractivity contribution in [3.63, 3.8) is 0 Å². The minimum absolute atomic E-state index is 0.124. The molecule has 0 saturated carbocycles. The second-order valence-electron chi connectivity index (χ2n) is 6.01. The molecule has 1 aliphatic heterocycles. The van der Waals surface area contributed by atoms with E-state index in [0.29, 0.717) is 11.8 Å². The minimum Gasteiger partial charge on any atom is -0.360 e. The van der Waals surface area contributed by atoms with E-state index in [9.17, 15) is 4.79 Å². The SMILES string of the molecule is CCN(CC)CCCNC(=O)CN1C[C@@H](C)Sc2ccccc21. The van der Waals surface area contributed by atoms with Crippen molar-refractivity contribution in [3.8, 4) is 0 Å². The third-order valence-electron chi connectivity index (χ3n) is 4.21. The predicted octanol–water partition coefficient (Wildman–Crippen LogP) is 2.84. The molecule has 0 unspecified atom stereocenters. The predicted molar refractivity (Wildman–Crippen MR) is 99.4 cm³/mol. The van der Waals surface area contributed by atoms with Gasteiger partial charge in [0, 0.05) is 23.2 Å². The van der Waals surface area contributed by atoms with E-state index in [-0.39, 0.29) is 5.91 Å². The van der Waals surface area contributed by atoms with Gasteiger partial charge in [0.15, 0.2) is 0 Å². The fourth-order valence-electron chi connectivity index (χ4n) is 2.93. The lowest BCUT2D eigenvalue weighted by Gasteiger charge is -2.33. The summed E-state index contributed by atoms with van der Waals surface area (Å²) in [6.45, 7) is 11.9. The standard InChI is InChI=1S/C18H29N3OS/c1-4-20(5-2)12-8-11-19-18(22)14-21-13-15(3)23-17-10-7-6-9-16(17)21/h6-7,9-10,15H,4-5,8,11-14H2,1-3H3,(H,19,22)/t15-/m1/s1. The molecule has 1 heterocycles. The van der Waals surface area contributed by atoms with Gasteiger partial charge in [0.25, 0.3) is 0 Å². The van der Waals surface area contributed by atoms with Crippen LogP contribution in [0.4, 0.5) is 5.69 Å². The molecule has 0 spiro atoms. The maximum Gasteiger partial charge on any atom is 0.239 e. The molecule has 1 aromatic rings. The summed E-state index contributed by atoms with van der Waals surface area (Å²) >= 11 is 1.89. The second kappa shape index (κ2) is 9.18. The third-order valence-corrected chi connectivity index (χ3v) is 5.36. The highest BCUT2D eigenvalue weighted by molar-refractivity contribution is 8.00. The maximum absolute atomic E-state index is 12.2. The first-order valence-corrected chi connectivity index (χ1v) is 9.51. The molecule has 1 N–H and O–H groups in total. The van der Waals surface area contributed by atoms with Crippen LogP contribution in [-0.4, -0.2) is 55.3 Å². The van der Waals surface area contributed by atoms with Gasteiger partial charge in [0.05, 0.1) is 12.2 Å². The van der Waals surface area contributed by atoms with Crippen LogP contribution in [0.3, 0.4) is 0 Å². The van der Waals surface area contributed by atoms with Gasteiger partial charge >= 0.3 is 0 Å². The molecule has 0 aliphatic carbocycles. The zero-order chi connectivity index (χ0) is 16.7. The highest BCUT2D eigenvalue weighted by Gasteiger charge is 2.23. The zero-order valence-corrected chi connectivity index (χ0v) is 15.4. The summed E-state index contributed by atoms with van der Waals surface area (Å²) in [5.74, 6) is 0.124. The van der Waals surface area contributed by atoms with Crippen LogP contribution < -0.4 is 10.2 Å². The van der Waals surface area contributed by atoms with Crippen molar-refractivity contribution in [2.45, 2.75) is 37.3 Å². The number of anilines is 1. The number of fused-ring (bicyclic) bond motifs is 1. The Morgan fingerprint density at radius 1 is 1.35 bits per heavy atom. The van der Waals surface area contributed by atoms with Crippen molar-refractivity contribution in [2.24, 2.45) is 0 Å². The number of nitrogens with zero attached hydrogens (tertiary/aromatic N) is 2. The number of hydrogen-bond donors (Lipinski definition) is 1. The number of nitrogens with one attached hydrogen (secondary N) is 1.